The summed E-state index contributed by atoms with van der Waals surface area (Å²) in [6, 6.07) is 0. The summed E-state index contributed by atoms with van der Waals surface area (Å²) in [5.74, 6) is 1.70. The van der Waals surface area contributed by atoms with E-state index < -0.39 is 0 Å². The van der Waals surface area contributed by atoms with Gasteiger partial charge in [0.05, 0.1) is 0 Å². The van der Waals surface area contributed by atoms with Gasteiger partial charge in [-0.05, 0) is 75.3 Å². The molecule has 0 aliphatic heterocycles. The topological polar surface area (TPSA) is 47.3 Å². The summed E-state index contributed by atoms with van der Waals surface area (Å²) in [7, 11) is 1.80. The molecule has 2 fully saturated rings. The third-order valence-corrected chi connectivity index (χ3v) is 5.03. The lowest BCUT2D eigenvalue weighted by atomic mass is 9.82. The van der Waals surface area contributed by atoms with Crippen molar-refractivity contribution in [2.24, 2.45) is 23.0 Å². The predicted octanol–water partition coefficient (Wildman–Crippen LogP) is 2.16. The molecule has 3 nitrogen and oxygen atoms in total. The Hall–Kier alpha value is -0.120. The molecule has 0 spiro atoms. The number of methoxy groups -OCH3 is 1. The summed E-state index contributed by atoms with van der Waals surface area (Å²) in [6.45, 7) is 4.22. The van der Waals surface area contributed by atoms with Crippen molar-refractivity contribution in [2.75, 3.05) is 33.4 Å². The van der Waals surface area contributed by atoms with E-state index in [0.717, 1.165) is 25.0 Å². The Kier molecular flexibility index (Phi) is 5.46. The summed E-state index contributed by atoms with van der Waals surface area (Å²) >= 11 is 0. The molecule has 2 aliphatic carbocycles. The molecule has 3 heteroatoms. The minimum atomic E-state index is 0.588. The van der Waals surface area contributed by atoms with E-state index in [2.05, 4.69) is 5.32 Å². The third kappa shape index (κ3) is 4.22. The van der Waals surface area contributed by atoms with Crippen LogP contribution in [0.3, 0.4) is 0 Å². The van der Waals surface area contributed by atoms with Crippen LogP contribution in [-0.4, -0.2) is 33.4 Å². The van der Waals surface area contributed by atoms with Gasteiger partial charge in [0.25, 0.3) is 0 Å². The second-order valence-electron chi connectivity index (χ2n) is 6.50. The maximum absolute atomic E-state index is 5.73. The van der Waals surface area contributed by atoms with E-state index in [1.165, 1.54) is 58.0 Å². The van der Waals surface area contributed by atoms with Crippen LogP contribution < -0.4 is 11.1 Å². The zero-order valence-electron chi connectivity index (χ0n) is 11.9. The Balaban J connectivity index is 1.56. The van der Waals surface area contributed by atoms with Gasteiger partial charge in [0, 0.05) is 20.3 Å². The minimum absolute atomic E-state index is 0.588. The van der Waals surface area contributed by atoms with Gasteiger partial charge in [0.1, 0.15) is 0 Å². The van der Waals surface area contributed by atoms with E-state index in [9.17, 15) is 0 Å². The molecule has 0 atom stereocenters. The van der Waals surface area contributed by atoms with E-state index in [0.29, 0.717) is 5.41 Å². The molecule has 2 saturated carbocycles. The molecular weight excluding hydrogens is 224 g/mol. The Morgan fingerprint density at radius 3 is 2.39 bits per heavy atom. The van der Waals surface area contributed by atoms with Crippen LogP contribution in [0.5, 0.6) is 0 Å². The number of hydrogen-bond acceptors (Lipinski definition) is 3. The molecule has 0 saturated heterocycles. The molecule has 18 heavy (non-hydrogen) atoms. The van der Waals surface area contributed by atoms with E-state index in [-0.39, 0.29) is 0 Å². The maximum Gasteiger partial charge on any atom is 0.0468 e. The first-order valence-corrected chi connectivity index (χ1v) is 7.68. The molecule has 0 aromatic carbocycles. The monoisotopic (exact) mass is 254 g/mol. The van der Waals surface area contributed by atoms with Crippen molar-refractivity contribution in [1.82, 2.24) is 5.32 Å². The number of rotatable bonds is 8. The molecule has 0 heterocycles. The van der Waals surface area contributed by atoms with Crippen LogP contribution in [-0.2, 0) is 4.74 Å². The first kappa shape index (κ1) is 14.3. The zero-order chi connectivity index (χ0) is 12.8. The molecule has 0 bridgehead atoms. The van der Waals surface area contributed by atoms with Gasteiger partial charge >= 0.3 is 0 Å². The average Bonchev–Trinajstić information content (AvgIpc) is 3.18. The molecule has 3 N–H and O–H groups in total. The van der Waals surface area contributed by atoms with E-state index >= 15 is 0 Å². The van der Waals surface area contributed by atoms with Crippen LogP contribution in [0, 0.1) is 17.3 Å². The first-order chi connectivity index (χ1) is 8.78. The van der Waals surface area contributed by atoms with Crippen LogP contribution in [0.2, 0.25) is 0 Å². The standard InChI is InChI=1S/C15H30N2O/c1-18-9-8-15(6-7-15)12-17-11-14-4-2-13(10-16)3-5-14/h13-14,17H,2-12,16H2,1H3. The molecule has 0 radical (unpaired) electrons. The summed E-state index contributed by atoms with van der Waals surface area (Å²) in [4.78, 5) is 0. The van der Waals surface area contributed by atoms with Crippen molar-refractivity contribution < 1.29 is 4.74 Å². The molecule has 0 aromatic rings. The van der Waals surface area contributed by atoms with Gasteiger partial charge in [0.15, 0.2) is 0 Å². The zero-order valence-corrected chi connectivity index (χ0v) is 11.9. The molecule has 106 valence electrons. The maximum atomic E-state index is 5.73. The van der Waals surface area contributed by atoms with Gasteiger partial charge in [-0.3, -0.25) is 0 Å². The lowest BCUT2D eigenvalue weighted by molar-refractivity contribution is 0.170. The van der Waals surface area contributed by atoms with Crippen LogP contribution in [0.4, 0.5) is 0 Å². The van der Waals surface area contributed by atoms with Gasteiger partial charge in [-0.15, -0.1) is 0 Å². The van der Waals surface area contributed by atoms with Crippen LogP contribution in [0.25, 0.3) is 0 Å². The van der Waals surface area contributed by atoms with Gasteiger partial charge in [-0.25, -0.2) is 0 Å². The van der Waals surface area contributed by atoms with Gasteiger partial charge < -0.3 is 15.8 Å². The number of ether oxygens (including phenoxy) is 1. The smallest absolute Gasteiger partial charge is 0.0468 e. The normalized spacial score (nSPS) is 30.3. The van der Waals surface area contributed by atoms with Gasteiger partial charge in [0.2, 0.25) is 0 Å². The fourth-order valence-corrected chi connectivity index (χ4v) is 3.22. The van der Waals surface area contributed by atoms with Crippen LogP contribution in [0.1, 0.15) is 44.9 Å². The highest BCUT2D eigenvalue weighted by atomic mass is 16.5. The lowest BCUT2D eigenvalue weighted by Gasteiger charge is -2.28. The van der Waals surface area contributed by atoms with Crippen LogP contribution in [0.15, 0.2) is 0 Å². The summed E-state index contributed by atoms with van der Waals surface area (Å²) in [5, 5.41) is 3.71. The molecule has 0 amide bonds. The Morgan fingerprint density at radius 2 is 1.83 bits per heavy atom. The van der Waals surface area contributed by atoms with Crippen molar-refractivity contribution in [3.8, 4) is 0 Å². The van der Waals surface area contributed by atoms with Crippen LogP contribution >= 0.6 is 0 Å². The van der Waals surface area contributed by atoms with E-state index in [4.69, 9.17) is 10.5 Å². The molecular formula is C15H30N2O. The SMILES string of the molecule is COCCC1(CNCC2CCC(CN)CC2)CC1. The van der Waals surface area contributed by atoms with E-state index in [1.54, 1.807) is 7.11 Å². The molecule has 0 unspecified atom stereocenters. The highest BCUT2D eigenvalue weighted by Gasteiger charge is 2.41. The lowest BCUT2D eigenvalue weighted by Crippen LogP contribution is -2.32. The number of nitrogens with two attached hydrogens (primary N) is 1. The largest absolute Gasteiger partial charge is 0.385 e. The second-order valence-corrected chi connectivity index (χ2v) is 6.50. The van der Waals surface area contributed by atoms with E-state index in [1.807, 2.05) is 0 Å². The Bertz CT molecular complexity index is 233. The molecule has 0 aromatic heterocycles. The van der Waals surface area contributed by atoms with Crippen molar-refractivity contribution in [3.63, 3.8) is 0 Å². The van der Waals surface area contributed by atoms with Crippen molar-refractivity contribution in [1.29, 1.82) is 0 Å². The molecule has 2 rings (SSSR count). The van der Waals surface area contributed by atoms with Crippen molar-refractivity contribution in [3.05, 3.63) is 0 Å². The first-order valence-electron chi connectivity index (χ1n) is 7.68. The number of hydrogen-bond donors (Lipinski definition) is 2. The average molecular weight is 254 g/mol. The Morgan fingerprint density at radius 1 is 1.17 bits per heavy atom. The molecule has 2 aliphatic rings. The summed E-state index contributed by atoms with van der Waals surface area (Å²) in [5.41, 5.74) is 6.32. The fraction of sp³-hybridized carbons (Fsp3) is 1.00. The predicted molar refractivity (Wildman–Crippen MR) is 75.5 cm³/mol. The van der Waals surface area contributed by atoms with Crippen molar-refractivity contribution in [2.45, 2.75) is 44.9 Å². The Labute approximate surface area is 112 Å². The quantitative estimate of drug-likeness (QED) is 0.698. The van der Waals surface area contributed by atoms with Gasteiger partial charge in [-0.1, -0.05) is 0 Å². The highest BCUT2D eigenvalue weighted by Crippen LogP contribution is 2.48. The summed E-state index contributed by atoms with van der Waals surface area (Å²) in [6.07, 6.45) is 9.46. The number of nitrogens with one attached hydrogen (secondary N) is 1. The van der Waals surface area contributed by atoms with Gasteiger partial charge in [-0.2, -0.15) is 0 Å². The minimum Gasteiger partial charge on any atom is -0.385 e. The second kappa shape index (κ2) is 6.88. The fourth-order valence-electron chi connectivity index (χ4n) is 3.22. The third-order valence-electron chi connectivity index (χ3n) is 5.03. The van der Waals surface area contributed by atoms with Crippen molar-refractivity contribution >= 4 is 0 Å². The highest BCUT2D eigenvalue weighted by molar-refractivity contribution is 4.94. The summed E-state index contributed by atoms with van der Waals surface area (Å²) < 4.78 is 5.20.